The molecule has 2 heterocycles. The van der Waals surface area contributed by atoms with Gasteiger partial charge in [-0.15, -0.1) is 0 Å². The molecule has 0 aromatic carbocycles. The van der Waals surface area contributed by atoms with E-state index in [1.165, 1.54) is 25.9 Å². The molecule has 2 saturated heterocycles. The summed E-state index contributed by atoms with van der Waals surface area (Å²) in [5, 5.41) is 0. The van der Waals surface area contributed by atoms with Gasteiger partial charge < -0.3 is 14.5 Å². The Hall–Kier alpha value is -0.610. The molecule has 3 aliphatic rings. The molecule has 1 aliphatic carbocycles. The number of ether oxygens (including phenoxy) is 1. The molecular weight excluding hydrogens is 312 g/mol. The molecule has 0 aromatic rings. The summed E-state index contributed by atoms with van der Waals surface area (Å²) in [6.45, 7) is 13.2. The smallest absolute Gasteiger partial charge is 0.225 e. The Bertz CT molecular complexity index is 429. The fourth-order valence-electron chi connectivity index (χ4n) is 4.89. The van der Waals surface area contributed by atoms with Crippen LogP contribution in [0, 0.1) is 17.8 Å². The van der Waals surface area contributed by atoms with Crippen molar-refractivity contribution in [2.75, 3.05) is 26.2 Å². The molecule has 0 N–H and O–H groups in total. The average molecular weight is 351 g/mol. The summed E-state index contributed by atoms with van der Waals surface area (Å²) in [7, 11) is 0. The van der Waals surface area contributed by atoms with Gasteiger partial charge in [-0.1, -0.05) is 13.8 Å². The van der Waals surface area contributed by atoms with E-state index in [9.17, 15) is 4.79 Å². The van der Waals surface area contributed by atoms with Gasteiger partial charge in [0.25, 0.3) is 0 Å². The Labute approximate surface area is 154 Å². The van der Waals surface area contributed by atoms with E-state index in [-0.39, 0.29) is 5.92 Å². The van der Waals surface area contributed by atoms with Gasteiger partial charge in [0.05, 0.1) is 12.2 Å². The predicted octanol–water partition coefficient (Wildman–Crippen LogP) is 3.55. The molecular formula is C21H38N2O2. The molecule has 3 fully saturated rings. The minimum Gasteiger partial charge on any atom is -0.375 e. The Kier molecular flexibility index (Phi) is 6.43. The van der Waals surface area contributed by atoms with Crippen molar-refractivity contribution in [3.63, 3.8) is 0 Å². The summed E-state index contributed by atoms with van der Waals surface area (Å²) >= 11 is 0. The van der Waals surface area contributed by atoms with E-state index in [1.807, 2.05) is 0 Å². The third kappa shape index (κ3) is 4.77. The highest BCUT2D eigenvalue weighted by molar-refractivity contribution is 5.80. The van der Waals surface area contributed by atoms with Crippen molar-refractivity contribution in [3.05, 3.63) is 0 Å². The first-order valence-electron chi connectivity index (χ1n) is 10.6. The summed E-state index contributed by atoms with van der Waals surface area (Å²) < 4.78 is 5.90. The number of carbonyl (C=O) groups excluding carboxylic acids is 1. The molecule has 144 valence electrons. The van der Waals surface area contributed by atoms with E-state index in [1.54, 1.807) is 0 Å². The fraction of sp³-hybridized carbons (Fsp3) is 0.952. The van der Waals surface area contributed by atoms with Gasteiger partial charge in [-0.25, -0.2) is 0 Å². The lowest BCUT2D eigenvalue weighted by Gasteiger charge is -2.47. The number of hydrogen-bond acceptors (Lipinski definition) is 3. The van der Waals surface area contributed by atoms with Gasteiger partial charge in [0.2, 0.25) is 5.91 Å². The van der Waals surface area contributed by atoms with Crippen molar-refractivity contribution in [1.29, 1.82) is 0 Å². The van der Waals surface area contributed by atoms with Gasteiger partial charge in [0.1, 0.15) is 0 Å². The lowest BCUT2D eigenvalue weighted by molar-refractivity contribution is -0.144. The zero-order chi connectivity index (χ0) is 18.0. The van der Waals surface area contributed by atoms with Crippen molar-refractivity contribution in [3.8, 4) is 0 Å². The molecule has 4 heteroatoms. The minimum absolute atomic E-state index is 0.287. The molecule has 0 spiro atoms. The van der Waals surface area contributed by atoms with Crippen LogP contribution in [0.4, 0.5) is 0 Å². The quantitative estimate of drug-likeness (QED) is 0.760. The van der Waals surface area contributed by atoms with Crippen LogP contribution in [0.3, 0.4) is 0 Å². The molecule has 3 rings (SSSR count). The van der Waals surface area contributed by atoms with Crippen LogP contribution in [-0.4, -0.2) is 60.1 Å². The zero-order valence-corrected chi connectivity index (χ0v) is 16.7. The van der Waals surface area contributed by atoms with Crippen LogP contribution in [0.1, 0.15) is 66.2 Å². The highest BCUT2D eigenvalue weighted by Crippen LogP contribution is 2.36. The maximum absolute atomic E-state index is 12.7. The van der Waals surface area contributed by atoms with Crippen molar-refractivity contribution < 1.29 is 9.53 Å². The molecule has 0 atom stereocenters. The molecule has 0 unspecified atom stereocenters. The number of hydrogen-bond donors (Lipinski definition) is 0. The number of piperidine rings is 2. The van der Waals surface area contributed by atoms with E-state index in [0.29, 0.717) is 24.2 Å². The van der Waals surface area contributed by atoms with Crippen molar-refractivity contribution in [1.82, 2.24) is 9.80 Å². The van der Waals surface area contributed by atoms with Crippen LogP contribution in [0.2, 0.25) is 0 Å². The first kappa shape index (κ1) is 19.2. The highest BCUT2D eigenvalue weighted by atomic mass is 16.5. The maximum atomic E-state index is 12.7. The van der Waals surface area contributed by atoms with Gasteiger partial charge >= 0.3 is 0 Å². The standard InChI is InChI=1S/C21H38N2O2/c1-15(2)17-5-9-22(10-6-17)19-13-18(14-19)21(24)23-11-7-20(8-12-23)25-16(3)4/h15-20H,5-14H2,1-4H3. The molecule has 2 aliphatic heterocycles. The number of amides is 1. The highest BCUT2D eigenvalue weighted by Gasteiger charge is 2.41. The largest absolute Gasteiger partial charge is 0.375 e. The van der Waals surface area contributed by atoms with E-state index in [2.05, 4.69) is 37.5 Å². The Morgan fingerprint density at radius 1 is 0.920 bits per heavy atom. The summed E-state index contributed by atoms with van der Waals surface area (Å²) in [5.41, 5.74) is 0. The summed E-state index contributed by atoms with van der Waals surface area (Å²) in [6, 6.07) is 0.670. The van der Waals surface area contributed by atoms with Crippen LogP contribution in [0.15, 0.2) is 0 Å². The first-order valence-corrected chi connectivity index (χ1v) is 10.6. The normalized spacial score (nSPS) is 30.1. The maximum Gasteiger partial charge on any atom is 0.225 e. The van der Waals surface area contributed by atoms with Crippen molar-refractivity contribution >= 4 is 5.91 Å². The molecule has 1 amide bonds. The van der Waals surface area contributed by atoms with Crippen molar-refractivity contribution in [2.45, 2.75) is 84.5 Å². The third-order valence-electron chi connectivity index (χ3n) is 6.71. The van der Waals surface area contributed by atoms with Gasteiger partial charge in [0.15, 0.2) is 0 Å². The second-order valence-corrected chi connectivity index (χ2v) is 9.15. The first-order chi connectivity index (χ1) is 11.9. The monoisotopic (exact) mass is 350 g/mol. The molecule has 25 heavy (non-hydrogen) atoms. The van der Waals surface area contributed by atoms with Gasteiger partial charge in [0, 0.05) is 25.0 Å². The minimum atomic E-state index is 0.287. The lowest BCUT2D eigenvalue weighted by atomic mass is 9.76. The van der Waals surface area contributed by atoms with Crippen LogP contribution < -0.4 is 0 Å². The van der Waals surface area contributed by atoms with Crippen LogP contribution in [0.5, 0.6) is 0 Å². The Balaban J connectivity index is 1.36. The van der Waals surface area contributed by atoms with Crippen molar-refractivity contribution in [2.24, 2.45) is 17.8 Å². The van der Waals surface area contributed by atoms with E-state index < -0.39 is 0 Å². The molecule has 1 saturated carbocycles. The third-order valence-corrected chi connectivity index (χ3v) is 6.71. The van der Waals surface area contributed by atoms with E-state index in [4.69, 9.17) is 4.74 Å². The number of nitrogens with zero attached hydrogens (tertiary/aromatic N) is 2. The summed E-state index contributed by atoms with van der Waals surface area (Å²) in [6.07, 6.45) is 7.51. The second kappa shape index (κ2) is 8.39. The molecule has 4 nitrogen and oxygen atoms in total. The Morgan fingerprint density at radius 3 is 2.04 bits per heavy atom. The number of rotatable bonds is 5. The fourth-order valence-corrected chi connectivity index (χ4v) is 4.89. The Morgan fingerprint density at radius 2 is 1.52 bits per heavy atom. The lowest BCUT2D eigenvalue weighted by Crippen LogP contribution is -2.53. The summed E-state index contributed by atoms with van der Waals surface area (Å²) in [4.78, 5) is 17.5. The van der Waals surface area contributed by atoms with Gasteiger partial charge in [-0.3, -0.25) is 4.79 Å². The average Bonchev–Trinajstić information content (AvgIpc) is 2.54. The molecule has 0 radical (unpaired) electrons. The van der Waals surface area contributed by atoms with Crippen LogP contribution in [-0.2, 0) is 9.53 Å². The second-order valence-electron chi connectivity index (χ2n) is 9.15. The van der Waals surface area contributed by atoms with E-state index >= 15 is 0 Å². The summed E-state index contributed by atoms with van der Waals surface area (Å²) in [5.74, 6) is 2.43. The SMILES string of the molecule is CC(C)OC1CCN(C(=O)C2CC(N3CCC(C(C)C)CC3)C2)CC1. The zero-order valence-electron chi connectivity index (χ0n) is 16.7. The molecule has 0 aromatic heterocycles. The van der Waals surface area contributed by atoms with Gasteiger partial charge in [-0.2, -0.15) is 0 Å². The van der Waals surface area contributed by atoms with Crippen LogP contribution in [0.25, 0.3) is 0 Å². The van der Waals surface area contributed by atoms with E-state index in [0.717, 1.165) is 50.6 Å². The van der Waals surface area contributed by atoms with Crippen LogP contribution >= 0.6 is 0 Å². The topological polar surface area (TPSA) is 32.8 Å². The molecule has 0 bridgehead atoms. The number of likely N-dealkylation sites (tertiary alicyclic amines) is 2. The predicted molar refractivity (Wildman–Crippen MR) is 101 cm³/mol. The number of carbonyl (C=O) groups is 1. The van der Waals surface area contributed by atoms with Gasteiger partial charge in [-0.05, 0) is 77.3 Å².